The average molecular weight is 290 g/mol. The quantitative estimate of drug-likeness (QED) is 0.508. The largest absolute Gasteiger partial charge is 0.419 e. The number of benzene rings is 1. The lowest BCUT2D eigenvalue weighted by molar-refractivity contribution is -0.222. The summed E-state index contributed by atoms with van der Waals surface area (Å²) in [7, 11) is 0. The van der Waals surface area contributed by atoms with Gasteiger partial charge < -0.3 is 14.8 Å². The molecule has 1 aromatic carbocycles. The third kappa shape index (κ3) is 3.17. The van der Waals surface area contributed by atoms with Crippen LogP contribution in [0, 0.1) is 17.1 Å². The molecule has 1 aliphatic heterocycles. The second-order valence-electron chi connectivity index (χ2n) is 4.69. The molecule has 0 bridgehead atoms. The van der Waals surface area contributed by atoms with Gasteiger partial charge in [0.1, 0.15) is 5.82 Å². The van der Waals surface area contributed by atoms with Gasteiger partial charge in [-0.3, -0.25) is 0 Å². The van der Waals surface area contributed by atoms with Gasteiger partial charge >= 0.3 is 11.9 Å². The molecule has 0 aromatic heterocycles. The van der Waals surface area contributed by atoms with Crippen LogP contribution in [-0.4, -0.2) is 17.7 Å². The molecular formula is C14H11FN2O4. The second-order valence-corrected chi connectivity index (χ2v) is 4.69. The highest BCUT2D eigenvalue weighted by molar-refractivity contribution is 6.15. The number of nitrogens with zero attached hydrogens (tertiary/aromatic N) is 1. The summed E-state index contributed by atoms with van der Waals surface area (Å²) in [6.45, 7) is 2.85. The number of halogens is 1. The molecule has 0 spiro atoms. The first-order chi connectivity index (χ1) is 9.82. The van der Waals surface area contributed by atoms with Crippen molar-refractivity contribution in [1.82, 2.24) is 0 Å². The van der Waals surface area contributed by atoms with Crippen LogP contribution in [0.25, 0.3) is 0 Å². The normalized spacial score (nSPS) is 16.6. The van der Waals surface area contributed by atoms with Gasteiger partial charge in [0.2, 0.25) is 0 Å². The maximum absolute atomic E-state index is 13.6. The van der Waals surface area contributed by atoms with Crippen molar-refractivity contribution in [3.63, 3.8) is 0 Å². The third-order valence-electron chi connectivity index (χ3n) is 2.59. The van der Waals surface area contributed by atoms with Crippen LogP contribution in [0.1, 0.15) is 19.4 Å². The number of anilines is 1. The Balaban J connectivity index is 2.20. The van der Waals surface area contributed by atoms with Gasteiger partial charge in [-0.15, -0.1) is 0 Å². The first-order valence-electron chi connectivity index (χ1n) is 5.95. The molecule has 1 heterocycles. The van der Waals surface area contributed by atoms with E-state index in [1.54, 1.807) is 6.07 Å². The molecule has 0 unspecified atom stereocenters. The Morgan fingerprint density at radius 1 is 1.29 bits per heavy atom. The molecule has 0 radical (unpaired) electrons. The molecule has 108 valence electrons. The van der Waals surface area contributed by atoms with Crippen molar-refractivity contribution in [3.8, 4) is 6.07 Å². The zero-order chi connectivity index (χ0) is 15.6. The van der Waals surface area contributed by atoms with Crippen molar-refractivity contribution in [3.05, 3.63) is 41.4 Å². The SMILES string of the molecule is CC1(C)OC(=O)C(=CNc2ccc(C#N)cc2F)C(=O)O1. The number of esters is 2. The molecule has 1 aromatic rings. The van der Waals surface area contributed by atoms with Crippen molar-refractivity contribution in [2.75, 3.05) is 5.32 Å². The summed E-state index contributed by atoms with van der Waals surface area (Å²) >= 11 is 0. The fourth-order valence-corrected chi connectivity index (χ4v) is 1.63. The van der Waals surface area contributed by atoms with Crippen molar-refractivity contribution in [1.29, 1.82) is 5.26 Å². The number of nitrogens with one attached hydrogen (secondary N) is 1. The number of hydrogen-bond donors (Lipinski definition) is 1. The van der Waals surface area contributed by atoms with Gasteiger partial charge in [0.25, 0.3) is 5.79 Å². The Kier molecular flexibility index (Phi) is 3.63. The van der Waals surface area contributed by atoms with Gasteiger partial charge in [0.15, 0.2) is 5.57 Å². The predicted octanol–water partition coefficient (Wildman–Crippen LogP) is 1.83. The van der Waals surface area contributed by atoms with Gasteiger partial charge in [-0.1, -0.05) is 0 Å². The minimum atomic E-state index is -1.33. The maximum Gasteiger partial charge on any atom is 0.350 e. The molecule has 7 heteroatoms. The zero-order valence-electron chi connectivity index (χ0n) is 11.3. The Labute approximate surface area is 119 Å². The highest BCUT2D eigenvalue weighted by Crippen LogP contribution is 2.23. The lowest BCUT2D eigenvalue weighted by Crippen LogP contribution is -2.42. The van der Waals surface area contributed by atoms with E-state index in [1.807, 2.05) is 0 Å². The monoisotopic (exact) mass is 290 g/mol. The molecule has 1 fully saturated rings. The minimum Gasteiger partial charge on any atom is -0.419 e. The number of hydrogen-bond acceptors (Lipinski definition) is 6. The number of rotatable bonds is 2. The molecule has 0 aliphatic carbocycles. The van der Waals surface area contributed by atoms with Gasteiger partial charge in [0.05, 0.1) is 17.3 Å². The van der Waals surface area contributed by atoms with E-state index < -0.39 is 23.5 Å². The van der Waals surface area contributed by atoms with E-state index in [0.29, 0.717) is 0 Å². The van der Waals surface area contributed by atoms with E-state index in [0.717, 1.165) is 12.3 Å². The molecular weight excluding hydrogens is 279 g/mol. The van der Waals surface area contributed by atoms with Crippen molar-refractivity contribution in [2.24, 2.45) is 0 Å². The molecule has 2 rings (SSSR count). The molecule has 0 saturated carbocycles. The van der Waals surface area contributed by atoms with E-state index in [9.17, 15) is 14.0 Å². The van der Waals surface area contributed by atoms with Crippen molar-refractivity contribution < 1.29 is 23.5 Å². The van der Waals surface area contributed by atoms with Gasteiger partial charge in [0, 0.05) is 20.0 Å². The third-order valence-corrected chi connectivity index (χ3v) is 2.59. The predicted molar refractivity (Wildman–Crippen MR) is 69.1 cm³/mol. The Bertz CT molecular complexity index is 667. The fourth-order valence-electron chi connectivity index (χ4n) is 1.63. The highest BCUT2D eigenvalue weighted by Gasteiger charge is 2.38. The van der Waals surface area contributed by atoms with Crippen LogP contribution in [0.15, 0.2) is 30.0 Å². The summed E-state index contributed by atoms with van der Waals surface area (Å²) in [6, 6.07) is 5.53. The smallest absolute Gasteiger partial charge is 0.350 e. The van der Waals surface area contributed by atoms with E-state index in [-0.39, 0.29) is 16.8 Å². The first-order valence-corrected chi connectivity index (χ1v) is 5.95. The average Bonchev–Trinajstić information content (AvgIpc) is 2.37. The lowest BCUT2D eigenvalue weighted by Gasteiger charge is -2.29. The number of carbonyl (C=O) groups is 2. The number of cyclic esters (lactones) is 2. The summed E-state index contributed by atoms with van der Waals surface area (Å²) in [6.07, 6.45) is 1.00. The molecule has 1 saturated heterocycles. The van der Waals surface area contributed by atoms with Crippen molar-refractivity contribution >= 4 is 17.6 Å². The number of carbonyl (C=O) groups excluding carboxylic acids is 2. The molecule has 21 heavy (non-hydrogen) atoms. The van der Waals surface area contributed by atoms with Crippen LogP contribution in [0.3, 0.4) is 0 Å². The first kappa shape index (κ1) is 14.5. The summed E-state index contributed by atoms with van der Waals surface area (Å²) in [5.41, 5.74) is -0.214. The standard InChI is InChI=1S/C14H11FN2O4/c1-14(2)20-12(18)9(13(19)21-14)7-17-11-4-3-8(6-16)5-10(11)15/h3-5,7,17H,1-2H3. The van der Waals surface area contributed by atoms with Crippen LogP contribution in [0.2, 0.25) is 0 Å². The van der Waals surface area contributed by atoms with Crippen LogP contribution >= 0.6 is 0 Å². The second kappa shape index (κ2) is 5.25. The van der Waals surface area contributed by atoms with E-state index in [4.69, 9.17) is 14.7 Å². The van der Waals surface area contributed by atoms with Crippen LogP contribution < -0.4 is 5.32 Å². The zero-order valence-corrected chi connectivity index (χ0v) is 11.3. The Morgan fingerprint density at radius 2 is 1.90 bits per heavy atom. The highest BCUT2D eigenvalue weighted by atomic mass is 19.1. The Hall–Kier alpha value is -2.88. The maximum atomic E-state index is 13.6. The summed E-state index contributed by atoms with van der Waals surface area (Å²) in [4.78, 5) is 23.3. The molecule has 1 N–H and O–H groups in total. The summed E-state index contributed by atoms with van der Waals surface area (Å²) in [5.74, 6) is -3.75. The topological polar surface area (TPSA) is 88.4 Å². The Morgan fingerprint density at radius 3 is 2.43 bits per heavy atom. The van der Waals surface area contributed by atoms with Crippen LogP contribution in [0.4, 0.5) is 10.1 Å². The van der Waals surface area contributed by atoms with E-state index in [1.165, 1.54) is 26.0 Å². The van der Waals surface area contributed by atoms with E-state index >= 15 is 0 Å². The van der Waals surface area contributed by atoms with Crippen molar-refractivity contribution in [2.45, 2.75) is 19.6 Å². The van der Waals surface area contributed by atoms with Crippen LogP contribution in [-0.2, 0) is 19.1 Å². The number of ether oxygens (including phenoxy) is 2. The van der Waals surface area contributed by atoms with E-state index in [2.05, 4.69) is 5.32 Å². The molecule has 1 aliphatic rings. The molecule has 6 nitrogen and oxygen atoms in total. The molecule has 0 amide bonds. The van der Waals surface area contributed by atoms with Gasteiger partial charge in [-0.05, 0) is 18.2 Å². The molecule has 0 atom stereocenters. The summed E-state index contributed by atoms with van der Waals surface area (Å²) in [5, 5.41) is 11.1. The van der Waals surface area contributed by atoms with Crippen LogP contribution in [0.5, 0.6) is 0 Å². The number of nitriles is 1. The summed E-state index contributed by atoms with van der Waals surface area (Å²) < 4.78 is 23.4. The fraction of sp³-hybridized carbons (Fsp3) is 0.214. The van der Waals surface area contributed by atoms with Gasteiger partial charge in [-0.2, -0.15) is 5.26 Å². The lowest BCUT2D eigenvalue weighted by atomic mass is 10.2. The van der Waals surface area contributed by atoms with Gasteiger partial charge in [-0.25, -0.2) is 14.0 Å². The minimum absolute atomic E-state index is 0.00642.